The first-order valence-corrected chi connectivity index (χ1v) is 4.43. The summed E-state index contributed by atoms with van der Waals surface area (Å²) in [7, 11) is 0. The van der Waals surface area contributed by atoms with Gasteiger partial charge in [-0.1, -0.05) is 29.8 Å². The number of rotatable bonds is 3. The normalized spacial score (nSPS) is 12.5. The summed E-state index contributed by atoms with van der Waals surface area (Å²) in [6, 6.07) is 7.58. The van der Waals surface area contributed by atoms with E-state index in [0.29, 0.717) is 6.42 Å². The van der Waals surface area contributed by atoms with E-state index in [-0.39, 0.29) is 11.8 Å². The molecule has 2 N–H and O–H groups in total. The summed E-state index contributed by atoms with van der Waals surface area (Å²) in [4.78, 5) is 11.3. The Morgan fingerprint density at radius 3 is 2.38 bits per heavy atom. The van der Waals surface area contributed by atoms with Crippen LogP contribution in [0.4, 0.5) is 0 Å². The van der Waals surface area contributed by atoms with Gasteiger partial charge in [0.2, 0.25) is 0 Å². The standard InChI is InChI=1S/C11H15NO/c1-8-3-5-10(6-4-8)7-11(13)9(2)12/h3-6,9H,7,12H2,1-2H3. The zero-order valence-electron chi connectivity index (χ0n) is 8.08. The van der Waals surface area contributed by atoms with Gasteiger partial charge in [0.05, 0.1) is 6.04 Å². The molecular weight excluding hydrogens is 162 g/mol. The monoisotopic (exact) mass is 177 g/mol. The fourth-order valence-electron chi connectivity index (χ4n) is 1.07. The molecule has 70 valence electrons. The lowest BCUT2D eigenvalue weighted by Crippen LogP contribution is -2.28. The Hall–Kier alpha value is -1.15. The van der Waals surface area contributed by atoms with Crippen LogP contribution in [-0.4, -0.2) is 11.8 Å². The summed E-state index contributed by atoms with van der Waals surface area (Å²) in [5.74, 6) is 0.0869. The van der Waals surface area contributed by atoms with Crippen LogP contribution in [0.3, 0.4) is 0 Å². The Labute approximate surface area is 78.8 Å². The molecular formula is C11H15NO. The number of aryl methyl sites for hydroxylation is 1. The molecule has 2 nitrogen and oxygen atoms in total. The summed E-state index contributed by atoms with van der Waals surface area (Å²) in [6.07, 6.45) is 0.442. The summed E-state index contributed by atoms with van der Waals surface area (Å²) in [6.45, 7) is 3.74. The summed E-state index contributed by atoms with van der Waals surface area (Å²) >= 11 is 0. The molecule has 1 unspecified atom stereocenters. The molecule has 0 fully saturated rings. The van der Waals surface area contributed by atoms with E-state index in [1.54, 1.807) is 6.92 Å². The first-order valence-electron chi connectivity index (χ1n) is 4.43. The van der Waals surface area contributed by atoms with Crippen molar-refractivity contribution in [2.24, 2.45) is 5.73 Å². The van der Waals surface area contributed by atoms with Gasteiger partial charge in [-0.2, -0.15) is 0 Å². The van der Waals surface area contributed by atoms with Gasteiger partial charge < -0.3 is 5.73 Å². The van der Waals surface area contributed by atoms with E-state index in [9.17, 15) is 4.79 Å². The van der Waals surface area contributed by atoms with Crippen molar-refractivity contribution in [3.63, 3.8) is 0 Å². The highest BCUT2D eigenvalue weighted by Gasteiger charge is 2.07. The predicted octanol–water partition coefficient (Wildman–Crippen LogP) is 1.45. The lowest BCUT2D eigenvalue weighted by atomic mass is 10.0. The van der Waals surface area contributed by atoms with Gasteiger partial charge in [-0.3, -0.25) is 4.79 Å². The van der Waals surface area contributed by atoms with Crippen LogP contribution >= 0.6 is 0 Å². The maximum atomic E-state index is 11.3. The summed E-state index contributed by atoms with van der Waals surface area (Å²) in [5, 5.41) is 0. The largest absolute Gasteiger partial charge is 0.322 e. The Bertz CT molecular complexity index is 287. The Morgan fingerprint density at radius 2 is 1.92 bits per heavy atom. The lowest BCUT2D eigenvalue weighted by molar-refractivity contribution is -0.119. The molecule has 1 atom stereocenters. The molecule has 1 aromatic rings. The summed E-state index contributed by atoms with van der Waals surface area (Å²) < 4.78 is 0. The van der Waals surface area contributed by atoms with Crippen LogP contribution in [0.5, 0.6) is 0 Å². The van der Waals surface area contributed by atoms with E-state index >= 15 is 0 Å². The quantitative estimate of drug-likeness (QED) is 0.759. The SMILES string of the molecule is Cc1ccc(CC(=O)C(C)N)cc1. The fourth-order valence-corrected chi connectivity index (χ4v) is 1.07. The smallest absolute Gasteiger partial charge is 0.153 e. The molecule has 0 aliphatic rings. The third-order valence-electron chi connectivity index (χ3n) is 2.01. The van der Waals surface area contributed by atoms with Crippen LogP contribution in [0.2, 0.25) is 0 Å². The second-order valence-corrected chi connectivity index (χ2v) is 3.42. The van der Waals surface area contributed by atoms with E-state index in [2.05, 4.69) is 0 Å². The second-order valence-electron chi connectivity index (χ2n) is 3.42. The first kappa shape index (κ1) is 9.93. The van der Waals surface area contributed by atoms with Crippen LogP contribution in [0.25, 0.3) is 0 Å². The number of carbonyl (C=O) groups excluding carboxylic acids is 1. The Morgan fingerprint density at radius 1 is 1.38 bits per heavy atom. The van der Waals surface area contributed by atoms with Crippen molar-refractivity contribution in [3.05, 3.63) is 35.4 Å². The minimum atomic E-state index is -0.360. The molecule has 1 rings (SSSR count). The van der Waals surface area contributed by atoms with Crippen molar-refractivity contribution < 1.29 is 4.79 Å². The molecule has 0 amide bonds. The molecule has 13 heavy (non-hydrogen) atoms. The Kier molecular flexibility index (Phi) is 3.20. The van der Waals surface area contributed by atoms with Crippen LogP contribution in [0, 0.1) is 6.92 Å². The maximum absolute atomic E-state index is 11.3. The number of carbonyl (C=O) groups is 1. The minimum Gasteiger partial charge on any atom is -0.322 e. The number of nitrogens with two attached hydrogens (primary N) is 1. The van der Waals surface area contributed by atoms with Gasteiger partial charge in [-0.05, 0) is 19.4 Å². The molecule has 0 radical (unpaired) electrons. The average molecular weight is 177 g/mol. The van der Waals surface area contributed by atoms with E-state index in [1.165, 1.54) is 5.56 Å². The van der Waals surface area contributed by atoms with Crippen LogP contribution < -0.4 is 5.73 Å². The molecule has 0 saturated heterocycles. The molecule has 0 spiro atoms. The van der Waals surface area contributed by atoms with Gasteiger partial charge in [-0.25, -0.2) is 0 Å². The molecule has 2 heteroatoms. The van der Waals surface area contributed by atoms with Crippen molar-refractivity contribution in [3.8, 4) is 0 Å². The van der Waals surface area contributed by atoms with Gasteiger partial charge in [-0.15, -0.1) is 0 Å². The lowest BCUT2D eigenvalue weighted by Gasteiger charge is -2.04. The van der Waals surface area contributed by atoms with E-state index < -0.39 is 0 Å². The number of Topliss-reactive ketones (excluding diaryl/α,β-unsaturated/α-hetero) is 1. The van der Waals surface area contributed by atoms with Crippen molar-refractivity contribution in [1.29, 1.82) is 0 Å². The summed E-state index contributed by atoms with van der Waals surface area (Å²) in [5.41, 5.74) is 7.70. The van der Waals surface area contributed by atoms with Gasteiger partial charge in [0.25, 0.3) is 0 Å². The van der Waals surface area contributed by atoms with Crippen molar-refractivity contribution in [1.82, 2.24) is 0 Å². The van der Waals surface area contributed by atoms with Crippen molar-refractivity contribution in [2.45, 2.75) is 26.3 Å². The molecule has 0 saturated carbocycles. The van der Waals surface area contributed by atoms with Gasteiger partial charge in [0.15, 0.2) is 5.78 Å². The Balaban J connectivity index is 2.65. The highest BCUT2D eigenvalue weighted by Crippen LogP contribution is 2.04. The number of hydrogen-bond donors (Lipinski definition) is 1. The van der Waals surface area contributed by atoms with Gasteiger partial charge in [0, 0.05) is 6.42 Å². The maximum Gasteiger partial charge on any atom is 0.153 e. The third kappa shape index (κ3) is 2.99. The first-order chi connectivity index (χ1) is 6.09. The number of benzene rings is 1. The fraction of sp³-hybridized carbons (Fsp3) is 0.364. The molecule has 0 heterocycles. The molecule has 0 aromatic heterocycles. The molecule has 1 aromatic carbocycles. The molecule has 0 bridgehead atoms. The number of hydrogen-bond acceptors (Lipinski definition) is 2. The predicted molar refractivity (Wildman–Crippen MR) is 53.5 cm³/mol. The van der Waals surface area contributed by atoms with Gasteiger partial charge in [0.1, 0.15) is 0 Å². The van der Waals surface area contributed by atoms with Crippen LogP contribution in [0.15, 0.2) is 24.3 Å². The molecule has 0 aliphatic heterocycles. The topological polar surface area (TPSA) is 43.1 Å². The highest BCUT2D eigenvalue weighted by molar-refractivity contribution is 5.85. The zero-order chi connectivity index (χ0) is 9.84. The van der Waals surface area contributed by atoms with E-state index in [1.807, 2.05) is 31.2 Å². The highest BCUT2D eigenvalue weighted by atomic mass is 16.1. The van der Waals surface area contributed by atoms with Crippen molar-refractivity contribution in [2.75, 3.05) is 0 Å². The molecule has 0 aliphatic carbocycles. The van der Waals surface area contributed by atoms with Crippen molar-refractivity contribution >= 4 is 5.78 Å². The van der Waals surface area contributed by atoms with Crippen LogP contribution in [-0.2, 0) is 11.2 Å². The van der Waals surface area contributed by atoms with Crippen LogP contribution in [0.1, 0.15) is 18.1 Å². The second kappa shape index (κ2) is 4.19. The zero-order valence-corrected chi connectivity index (χ0v) is 8.08. The average Bonchev–Trinajstić information content (AvgIpc) is 2.08. The minimum absolute atomic E-state index is 0.0869. The third-order valence-corrected chi connectivity index (χ3v) is 2.01. The van der Waals surface area contributed by atoms with E-state index in [0.717, 1.165) is 5.56 Å². The van der Waals surface area contributed by atoms with Gasteiger partial charge >= 0.3 is 0 Å². The number of ketones is 1. The van der Waals surface area contributed by atoms with E-state index in [4.69, 9.17) is 5.73 Å².